The molecule has 2 unspecified atom stereocenters. The maximum atomic E-state index is 9.99. The van der Waals surface area contributed by atoms with Gasteiger partial charge in [0.1, 0.15) is 24.7 Å². The monoisotopic (exact) mass is 428 g/mol. The van der Waals surface area contributed by atoms with Gasteiger partial charge >= 0.3 is 0 Å². The fourth-order valence-corrected chi connectivity index (χ4v) is 3.71. The molecule has 2 atom stereocenters. The molecule has 0 aromatic heterocycles. The molecular formula is C27H40O4. The summed E-state index contributed by atoms with van der Waals surface area (Å²) in [4.78, 5) is 0. The van der Waals surface area contributed by atoms with Crippen LogP contribution in [-0.2, 0) is 5.41 Å². The lowest BCUT2D eigenvalue weighted by atomic mass is 9.78. The van der Waals surface area contributed by atoms with Crippen molar-refractivity contribution in [3.63, 3.8) is 0 Å². The highest BCUT2D eigenvalue weighted by Crippen LogP contribution is 2.33. The molecule has 0 bridgehead atoms. The van der Waals surface area contributed by atoms with Crippen molar-refractivity contribution >= 4 is 0 Å². The van der Waals surface area contributed by atoms with Crippen molar-refractivity contribution in [3.8, 4) is 11.5 Å². The van der Waals surface area contributed by atoms with E-state index in [1.54, 1.807) is 0 Å². The van der Waals surface area contributed by atoms with Crippen molar-refractivity contribution in [2.75, 3.05) is 13.2 Å². The molecule has 0 saturated heterocycles. The van der Waals surface area contributed by atoms with Gasteiger partial charge in [-0.25, -0.2) is 0 Å². The average molecular weight is 429 g/mol. The molecule has 4 nitrogen and oxygen atoms in total. The Hall–Kier alpha value is -2.04. The van der Waals surface area contributed by atoms with E-state index in [9.17, 15) is 10.2 Å². The van der Waals surface area contributed by atoms with Crippen LogP contribution in [0.2, 0.25) is 0 Å². The molecule has 172 valence electrons. The van der Waals surface area contributed by atoms with Crippen molar-refractivity contribution in [3.05, 3.63) is 59.7 Å². The summed E-state index contributed by atoms with van der Waals surface area (Å²) < 4.78 is 11.5. The van der Waals surface area contributed by atoms with Crippen LogP contribution in [0.3, 0.4) is 0 Å². The van der Waals surface area contributed by atoms with Gasteiger partial charge in [-0.1, -0.05) is 65.8 Å². The van der Waals surface area contributed by atoms with Crippen LogP contribution < -0.4 is 9.47 Å². The quantitative estimate of drug-likeness (QED) is 0.463. The minimum atomic E-state index is -0.441. The summed E-state index contributed by atoms with van der Waals surface area (Å²) >= 11 is 0. The third-order valence-corrected chi connectivity index (χ3v) is 5.52. The topological polar surface area (TPSA) is 58.9 Å². The second-order valence-corrected chi connectivity index (χ2v) is 9.86. The molecule has 0 amide bonds. The molecule has 0 fully saturated rings. The molecule has 0 aliphatic rings. The Morgan fingerprint density at radius 1 is 0.645 bits per heavy atom. The molecule has 2 rings (SSSR count). The smallest absolute Gasteiger partial charge is 0.119 e. The van der Waals surface area contributed by atoms with E-state index in [0.29, 0.717) is 25.0 Å². The molecule has 2 aromatic carbocycles. The van der Waals surface area contributed by atoms with Crippen LogP contribution in [0.25, 0.3) is 0 Å². The lowest BCUT2D eigenvalue weighted by Gasteiger charge is -2.26. The molecule has 0 saturated carbocycles. The zero-order valence-corrected chi connectivity index (χ0v) is 20.0. The van der Waals surface area contributed by atoms with Crippen LogP contribution >= 0.6 is 0 Å². The van der Waals surface area contributed by atoms with Gasteiger partial charge in [0.2, 0.25) is 0 Å². The molecule has 0 radical (unpaired) electrons. The summed E-state index contributed by atoms with van der Waals surface area (Å²) in [7, 11) is 0. The normalized spacial score (nSPS) is 14.0. The van der Waals surface area contributed by atoms with Gasteiger partial charge in [-0.15, -0.1) is 0 Å². The van der Waals surface area contributed by atoms with Gasteiger partial charge < -0.3 is 19.7 Å². The first-order valence-electron chi connectivity index (χ1n) is 11.4. The molecule has 2 aromatic rings. The van der Waals surface area contributed by atoms with Gasteiger partial charge in [0.25, 0.3) is 0 Å². The Bertz CT molecular complexity index is 697. The zero-order valence-electron chi connectivity index (χ0n) is 20.0. The molecule has 2 N–H and O–H groups in total. The van der Waals surface area contributed by atoms with Gasteiger partial charge in [0, 0.05) is 5.41 Å². The van der Waals surface area contributed by atoms with Gasteiger partial charge in [0.05, 0.1) is 12.2 Å². The van der Waals surface area contributed by atoms with Crippen molar-refractivity contribution in [2.24, 2.45) is 11.8 Å². The number of rotatable bonds is 12. The van der Waals surface area contributed by atoms with E-state index < -0.39 is 12.2 Å². The van der Waals surface area contributed by atoms with Crippen LogP contribution in [0.5, 0.6) is 11.5 Å². The molecule has 0 aliphatic carbocycles. The molecule has 0 heterocycles. The second kappa shape index (κ2) is 11.5. The van der Waals surface area contributed by atoms with E-state index in [0.717, 1.165) is 24.3 Å². The van der Waals surface area contributed by atoms with Crippen molar-refractivity contribution in [1.29, 1.82) is 0 Å². The van der Waals surface area contributed by atoms with E-state index in [-0.39, 0.29) is 5.41 Å². The Morgan fingerprint density at radius 2 is 0.968 bits per heavy atom. The van der Waals surface area contributed by atoms with E-state index in [1.165, 1.54) is 11.1 Å². The number of benzene rings is 2. The first kappa shape index (κ1) is 25.2. The van der Waals surface area contributed by atoms with Crippen molar-refractivity contribution in [2.45, 2.75) is 72.0 Å². The zero-order chi connectivity index (χ0) is 23.0. The number of aliphatic hydroxyl groups is 2. The Balaban J connectivity index is 1.96. The van der Waals surface area contributed by atoms with Crippen LogP contribution in [0, 0.1) is 11.8 Å². The fraction of sp³-hybridized carbons (Fsp3) is 0.556. The Labute approximate surface area is 188 Å². The highest BCUT2D eigenvalue weighted by atomic mass is 16.5. The van der Waals surface area contributed by atoms with Crippen molar-refractivity contribution in [1.82, 2.24) is 0 Å². The highest BCUT2D eigenvalue weighted by molar-refractivity contribution is 5.41. The summed E-state index contributed by atoms with van der Waals surface area (Å²) in [5.74, 6) is 2.43. The Morgan fingerprint density at radius 3 is 1.26 bits per heavy atom. The number of hydrogen-bond acceptors (Lipinski definition) is 4. The van der Waals surface area contributed by atoms with Crippen LogP contribution in [0.4, 0.5) is 0 Å². The van der Waals surface area contributed by atoms with Crippen LogP contribution in [0.15, 0.2) is 48.5 Å². The molecule has 0 spiro atoms. The Kier molecular flexibility index (Phi) is 9.39. The average Bonchev–Trinajstić information content (AvgIpc) is 2.70. The van der Waals surface area contributed by atoms with E-state index in [1.807, 2.05) is 24.3 Å². The van der Waals surface area contributed by atoms with Crippen LogP contribution in [0.1, 0.15) is 65.5 Å². The molecular weight excluding hydrogens is 388 g/mol. The highest BCUT2D eigenvalue weighted by Gasteiger charge is 2.23. The summed E-state index contributed by atoms with van der Waals surface area (Å²) in [5, 5.41) is 20.0. The van der Waals surface area contributed by atoms with E-state index in [2.05, 4.69) is 65.8 Å². The lowest BCUT2D eigenvalue weighted by Crippen LogP contribution is -2.21. The third-order valence-electron chi connectivity index (χ3n) is 5.52. The van der Waals surface area contributed by atoms with E-state index in [4.69, 9.17) is 9.47 Å². The predicted octanol–water partition coefficient (Wildman–Crippen LogP) is 5.58. The minimum absolute atomic E-state index is 0.175. The number of aliphatic hydroxyl groups excluding tert-OH is 2. The number of hydrogen-bond donors (Lipinski definition) is 2. The van der Waals surface area contributed by atoms with Gasteiger partial charge in [-0.3, -0.25) is 0 Å². The summed E-state index contributed by atoms with van der Waals surface area (Å²) in [6.07, 6.45) is 0.593. The third kappa shape index (κ3) is 8.19. The van der Waals surface area contributed by atoms with Gasteiger partial charge in [0.15, 0.2) is 0 Å². The van der Waals surface area contributed by atoms with Crippen molar-refractivity contribution < 1.29 is 19.7 Å². The SMILES string of the molecule is CC(C)CC(O)COc1ccc(C(C)(C)c2ccc(OCC(O)CC(C)C)cc2)cc1. The lowest BCUT2D eigenvalue weighted by molar-refractivity contribution is 0.0891. The van der Waals surface area contributed by atoms with Gasteiger partial charge in [-0.05, 0) is 60.1 Å². The first-order valence-corrected chi connectivity index (χ1v) is 11.4. The van der Waals surface area contributed by atoms with E-state index >= 15 is 0 Å². The van der Waals surface area contributed by atoms with Gasteiger partial charge in [-0.2, -0.15) is 0 Å². The maximum absolute atomic E-state index is 9.99. The molecule has 0 aliphatic heterocycles. The summed E-state index contributed by atoms with van der Waals surface area (Å²) in [5.41, 5.74) is 2.19. The number of ether oxygens (including phenoxy) is 2. The largest absolute Gasteiger partial charge is 0.491 e. The second-order valence-electron chi connectivity index (χ2n) is 9.86. The summed E-state index contributed by atoms with van der Waals surface area (Å²) in [6, 6.07) is 16.2. The predicted molar refractivity (Wildman–Crippen MR) is 127 cm³/mol. The first-order chi connectivity index (χ1) is 14.6. The standard InChI is InChI=1S/C27H40O4/c1-19(2)15-23(28)17-30-25-11-7-21(8-12-25)27(5,6)22-9-13-26(14-10-22)31-18-24(29)16-20(3)4/h7-14,19-20,23-24,28-29H,15-18H2,1-6H3. The molecule has 31 heavy (non-hydrogen) atoms. The fourth-order valence-electron chi connectivity index (χ4n) is 3.71. The summed E-state index contributed by atoms with van der Waals surface area (Å²) in [6.45, 7) is 13.4. The molecule has 4 heteroatoms. The van der Waals surface area contributed by atoms with Crippen LogP contribution in [-0.4, -0.2) is 35.6 Å². The maximum Gasteiger partial charge on any atom is 0.119 e. The minimum Gasteiger partial charge on any atom is -0.491 e.